The van der Waals surface area contributed by atoms with Gasteiger partial charge in [0.05, 0.1) is 24.4 Å². The molecule has 2 rings (SSSR count). The molecule has 2 saturated heterocycles. The van der Waals surface area contributed by atoms with Crippen LogP contribution in [0.15, 0.2) is 0 Å². The minimum absolute atomic E-state index is 0.0652. The van der Waals surface area contributed by atoms with E-state index >= 15 is 0 Å². The van der Waals surface area contributed by atoms with Crippen LogP contribution >= 0.6 is 0 Å². The average molecular weight is 313 g/mol. The van der Waals surface area contributed by atoms with Gasteiger partial charge in [0.15, 0.2) is 0 Å². The summed E-state index contributed by atoms with van der Waals surface area (Å²) in [6.07, 6.45) is -0.0569. The molecule has 6 nitrogen and oxygen atoms in total. The first-order chi connectivity index (χ1) is 10.4. The van der Waals surface area contributed by atoms with Crippen molar-refractivity contribution in [3.63, 3.8) is 0 Å². The lowest BCUT2D eigenvalue weighted by Crippen LogP contribution is -2.57. The normalized spacial score (nSPS) is 34.8. The second-order valence-corrected chi connectivity index (χ2v) is 7.13. The maximum atomic E-state index is 12.7. The van der Waals surface area contributed by atoms with Crippen molar-refractivity contribution in [1.82, 2.24) is 15.5 Å². The Kier molecular flexibility index (Phi) is 6.20. The highest BCUT2D eigenvalue weighted by Gasteiger charge is 2.34. The van der Waals surface area contributed by atoms with Gasteiger partial charge in [-0.15, -0.1) is 0 Å². The van der Waals surface area contributed by atoms with Gasteiger partial charge in [-0.25, -0.2) is 0 Å². The maximum Gasteiger partial charge on any atom is 0.237 e. The number of β-amino-alcohol motifs (C(OH)–C–C–N with tert-alkyl or cyclic N) is 1. The van der Waals surface area contributed by atoms with E-state index in [0.717, 1.165) is 19.6 Å². The molecule has 0 bridgehead atoms. The number of nitrogens with one attached hydrogen (secondary N) is 2. The summed E-state index contributed by atoms with van der Waals surface area (Å²) < 4.78 is 5.77. The highest BCUT2D eigenvalue weighted by Crippen LogP contribution is 2.19. The number of aliphatic hydroxyl groups excluding tert-OH is 1. The summed E-state index contributed by atoms with van der Waals surface area (Å²) in [5.41, 5.74) is 0. The van der Waals surface area contributed by atoms with Crippen LogP contribution in [0.1, 0.15) is 27.7 Å². The number of carbonyl (C=O) groups excluding carboxylic acids is 1. The van der Waals surface area contributed by atoms with Crippen LogP contribution in [0.2, 0.25) is 0 Å². The fourth-order valence-corrected chi connectivity index (χ4v) is 3.60. The van der Waals surface area contributed by atoms with E-state index < -0.39 is 0 Å². The second kappa shape index (κ2) is 7.73. The Morgan fingerprint density at radius 1 is 1.32 bits per heavy atom. The van der Waals surface area contributed by atoms with E-state index in [0.29, 0.717) is 13.1 Å². The smallest absolute Gasteiger partial charge is 0.237 e. The molecule has 2 aliphatic heterocycles. The number of ether oxygens (including phenoxy) is 1. The van der Waals surface area contributed by atoms with E-state index in [9.17, 15) is 9.90 Å². The first kappa shape index (κ1) is 17.7. The van der Waals surface area contributed by atoms with Crippen molar-refractivity contribution >= 4 is 5.91 Å². The molecule has 0 aliphatic carbocycles. The van der Waals surface area contributed by atoms with Gasteiger partial charge in [-0.1, -0.05) is 13.8 Å². The van der Waals surface area contributed by atoms with Gasteiger partial charge in [0, 0.05) is 38.6 Å². The zero-order chi connectivity index (χ0) is 16.3. The number of morpholine rings is 1. The lowest BCUT2D eigenvalue weighted by molar-refractivity contribution is -0.135. The highest BCUT2D eigenvalue weighted by molar-refractivity contribution is 5.82. The topological polar surface area (TPSA) is 73.8 Å². The lowest BCUT2D eigenvalue weighted by Gasteiger charge is -2.41. The number of hydrogen-bond donors (Lipinski definition) is 3. The third-order valence-corrected chi connectivity index (χ3v) is 4.58. The maximum absolute atomic E-state index is 12.7. The summed E-state index contributed by atoms with van der Waals surface area (Å²) in [7, 11) is 0. The first-order valence-corrected chi connectivity index (χ1v) is 8.44. The van der Waals surface area contributed by atoms with Crippen LogP contribution in [-0.2, 0) is 9.53 Å². The minimum atomic E-state index is -0.360. The quantitative estimate of drug-likeness (QED) is 0.656. The number of amides is 1. The Morgan fingerprint density at radius 2 is 1.95 bits per heavy atom. The third-order valence-electron chi connectivity index (χ3n) is 4.58. The fourth-order valence-electron chi connectivity index (χ4n) is 3.60. The molecule has 22 heavy (non-hydrogen) atoms. The zero-order valence-corrected chi connectivity index (χ0v) is 14.2. The summed E-state index contributed by atoms with van der Waals surface area (Å²) in [4.78, 5) is 14.9. The van der Waals surface area contributed by atoms with Crippen molar-refractivity contribution in [2.75, 3.05) is 32.7 Å². The Labute approximate surface area is 133 Å². The van der Waals surface area contributed by atoms with E-state index in [1.54, 1.807) is 0 Å². The van der Waals surface area contributed by atoms with Crippen LogP contribution in [0.3, 0.4) is 0 Å². The molecule has 2 aliphatic rings. The van der Waals surface area contributed by atoms with Crippen LogP contribution in [-0.4, -0.2) is 73.0 Å². The Morgan fingerprint density at radius 3 is 2.45 bits per heavy atom. The van der Waals surface area contributed by atoms with Crippen LogP contribution in [0.5, 0.6) is 0 Å². The lowest BCUT2D eigenvalue weighted by atomic mass is 9.99. The van der Waals surface area contributed by atoms with Crippen LogP contribution in [0, 0.1) is 11.8 Å². The summed E-state index contributed by atoms with van der Waals surface area (Å²) in [5, 5.41) is 16.0. The Balaban J connectivity index is 1.93. The third kappa shape index (κ3) is 4.41. The minimum Gasteiger partial charge on any atom is -0.391 e. The molecule has 2 heterocycles. The molecule has 0 spiro atoms. The molecular formula is C16H31N3O3. The standard InChI is InChI=1S/C16H31N3O3/c1-10(2)15(19-8-11(3)22-12(4)9-19)16(21)18-6-13-5-17-7-14(13)20/h10-15,17,20H,5-9H2,1-4H3,(H,18,21). The van der Waals surface area contributed by atoms with Crippen molar-refractivity contribution in [3.05, 3.63) is 0 Å². The van der Waals surface area contributed by atoms with E-state index in [-0.39, 0.29) is 42.1 Å². The van der Waals surface area contributed by atoms with Gasteiger partial charge in [-0.05, 0) is 19.8 Å². The van der Waals surface area contributed by atoms with E-state index in [1.807, 2.05) is 0 Å². The average Bonchev–Trinajstić information content (AvgIpc) is 2.80. The molecular weight excluding hydrogens is 282 g/mol. The second-order valence-electron chi connectivity index (χ2n) is 7.13. The SMILES string of the molecule is CC1CN(C(C(=O)NCC2CNCC2O)C(C)C)CC(C)O1. The van der Waals surface area contributed by atoms with E-state index in [2.05, 4.69) is 43.2 Å². The monoisotopic (exact) mass is 313 g/mol. The summed E-state index contributed by atoms with van der Waals surface area (Å²) in [6.45, 7) is 11.8. The molecule has 5 atom stereocenters. The number of rotatable bonds is 5. The van der Waals surface area contributed by atoms with Crippen molar-refractivity contribution in [2.24, 2.45) is 11.8 Å². The van der Waals surface area contributed by atoms with Gasteiger partial charge < -0.3 is 20.5 Å². The van der Waals surface area contributed by atoms with Crippen LogP contribution in [0.25, 0.3) is 0 Å². The molecule has 0 aromatic rings. The molecule has 6 heteroatoms. The summed E-state index contributed by atoms with van der Waals surface area (Å²) in [5.74, 6) is 0.416. The van der Waals surface area contributed by atoms with Crippen molar-refractivity contribution in [2.45, 2.75) is 52.0 Å². The highest BCUT2D eigenvalue weighted by atomic mass is 16.5. The first-order valence-electron chi connectivity index (χ1n) is 8.44. The molecule has 0 radical (unpaired) electrons. The number of nitrogens with zero attached hydrogens (tertiary/aromatic N) is 1. The largest absolute Gasteiger partial charge is 0.391 e. The summed E-state index contributed by atoms with van der Waals surface area (Å²) in [6, 6.07) is -0.139. The van der Waals surface area contributed by atoms with Gasteiger partial charge in [0.1, 0.15) is 0 Å². The Hall–Kier alpha value is -0.690. The van der Waals surface area contributed by atoms with Crippen LogP contribution < -0.4 is 10.6 Å². The number of hydrogen-bond acceptors (Lipinski definition) is 5. The van der Waals surface area contributed by atoms with Gasteiger partial charge in [-0.2, -0.15) is 0 Å². The van der Waals surface area contributed by atoms with Crippen molar-refractivity contribution < 1.29 is 14.6 Å². The van der Waals surface area contributed by atoms with Gasteiger partial charge in [-0.3, -0.25) is 9.69 Å². The van der Waals surface area contributed by atoms with E-state index in [4.69, 9.17) is 4.74 Å². The van der Waals surface area contributed by atoms with E-state index in [1.165, 1.54) is 0 Å². The predicted molar refractivity (Wildman–Crippen MR) is 85.6 cm³/mol. The molecule has 0 aromatic carbocycles. The molecule has 0 aromatic heterocycles. The molecule has 0 saturated carbocycles. The fraction of sp³-hybridized carbons (Fsp3) is 0.938. The molecule has 3 N–H and O–H groups in total. The number of aliphatic hydroxyl groups is 1. The van der Waals surface area contributed by atoms with Crippen LogP contribution in [0.4, 0.5) is 0 Å². The van der Waals surface area contributed by atoms with Gasteiger partial charge in [0.25, 0.3) is 0 Å². The van der Waals surface area contributed by atoms with Crippen molar-refractivity contribution in [3.8, 4) is 0 Å². The predicted octanol–water partition coefficient (Wildman–Crippen LogP) is -0.183. The zero-order valence-electron chi connectivity index (χ0n) is 14.2. The molecule has 2 fully saturated rings. The molecule has 128 valence electrons. The molecule has 5 unspecified atom stereocenters. The van der Waals surface area contributed by atoms with Gasteiger partial charge >= 0.3 is 0 Å². The number of carbonyl (C=O) groups is 1. The summed E-state index contributed by atoms with van der Waals surface area (Å²) >= 11 is 0. The van der Waals surface area contributed by atoms with Crippen molar-refractivity contribution in [1.29, 1.82) is 0 Å². The molecule has 1 amide bonds. The van der Waals surface area contributed by atoms with Gasteiger partial charge in [0.2, 0.25) is 5.91 Å². The Bertz CT molecular complexity index is 368.